The molecule has 1 atom stereocenters. The van der Waals surface area contributed by atoms with Gasteiger partial charge in [-0.3, -0.25) is 0 Å². The van der Waals surface area contributed by atoms with Gasteiger partial charge >= 0.3 is 0 Å². The molecule has 0 aromatic heterocycles. The van der Waals surface area contributed by atoms with Gasteiger partial charge in [0.1, 0.15) is 0 Å². The Morgan fingerprint density at radius 1 is 1.31 bits per heavy atom. The highest BCUT2D eigenvalue weighted by atomic mass is 14.5. The van der Waals surface area contributed by atoms with Crippen LogP contribution in [0.3, 0.4) is 0 Å². The van der Waals surface area contributed by atoms with Crippen molar-refractivity contribution in [2.24, 2.45) is 16.7 Å². The Morgan fingerprint density at radius 2 is 1.85 bits per heavy atom. The quantitative estimate of drug-likeness (QED) is 0.484. The molecule has 1 rings (SSSR count). The predicted octanol–water partition coefficient (Wildman–Crippen LogP) is 4.42. The molecule has 0 bridgehead atoms. The van der Waals surface area contributed by atoms with E-state index in [1.54, 1.807) is 0 Å². The molecule has 0 heteroatoms. The Labute approximate surface area is 83.4 Å². The summed E-state index contributed by atoms with van der Waals surface area (Å²) < 4.78 is 0. The molecule has 1 saturated carbocycles. The van der Waals surface area contributed by atoms with Crippen molar-refractivity contribution in [3.05, 3.63) is 12.2 Å². The Hall–Kier alpha value is -0.260. The molecule has 1 aliphatic rings. The molecule has 0 amide bonds. The summed E-state index contributed by atoms with van der Waals surface area (Å²) in [5.74, 6) is 0.689. The van der Waals surface area contributed by atoms with E-state index in [0.29, 0.717) is 16.7 Å². The van der Waals surface area contributed by atoms with Crippen molar-refractivity contribution in [2.45, 2.75) is 53.9 Å². The monoisotopic (exact) mass is 180 g/mol. The van der Waals surface area contributed by atoms with Crippen molar-refractivity contribution in [1.29, 1.82) is 0 Å². The Morgan fingerprint density at radius 3 is 2.15 bits per heavy atom. The molecule has 0 radical (unpaired) electrons. The first-order valence-electron chi connectivity index (χ1n) is 5.43. The largest absolute Gasteiger partial charge is 0.0995 e. The van der Waals surface area contributed by atoms with Crippen LogP contribution < -0.4 is 0 Å². The summed E-state index contributed by atoms with van der Waals surface area (Å²) in [6, 6.07) is 0. The van der Waals surface area contributed by atoms with Gasteiger partial charge in [0, 0.05) is 0 Å². The Balaban J connectivity index is 2.94. The van der Waals surface area contributed by atoms with Crippen molar-refractivity contribution in [3.8, 4) is 0 Å². The standard InChI is InChI=1S/C13H24/c1-10-8-7-9-13(5,6)11(10)12(2,3)4/h11H,1,7-9H2,2-6H3. The molecule has 0 aromatic rings. The van der Waals surface area contributed by atoms with Gasteiger partial charge in [-0.15, -0.1) is 0 Å². The zero-order valence-corrected chi connectivity index (χ0v) is 9.91. The van der Waals surface area contributed by atoms with Crippen molar-refractivity contribution in [2.75, 3.05) is 0 Å². The zero-order chi connectivity index (χ0) is 10.3. The Kier molecular flexibility index (Phi) is 2.62. The summed E-state index contributed by atoms with van der Waals surface area (Å²) in [5, 5.41) is 0. The summed E-state index contributed by atoms with van der Waals surface area (Å²) in [4.78, 5) is 0. The van der Waals surface area contributed by atoms with Crippen LogP contribution in [0, 0.1) is 16.7 Å². The van der Waals surface area contributed by atoms with Gasteiger partial charge in [0.15, 0.2) is 0 Å². The fourth-order valence-electron chi connectivity index (χ4n) is 3.40. The van der Waals surface area contributed by atoms with Gasteiger partial charge in [-0.25, -0.2) is 0 Å². The second-order valence-corrected chi connectivity index (χ2v) is 6.30. The van der Waals surface area contributed by atoms with Crippen LogP contribution in [-0.2, 0) is 0 Å². The third-order valence-electron chi connectivity index (χ3n) is 3.37. The van der Waals surface area contributed by atoms with Crippen molar-refractivity contribution in [1.82, 2.24) is 0 Å². The van der Waals surface area contributed by atoms with Gasteiger partial charge in [-0.1, -0.05) is 46.8 Å². The average Bonchev–Trinajstić information content (AvgIpc) is 1.79. The fraction of sp³-hybridized carbons (Fsp3) is 0.846. The summed E-state index contributed by atoms with van der Waals surface area (Å²) in [6.45, 7) is 16.1. The molecule has 0 N–H and O–H groups in total. The number of hydrogen-bond acceptors (Lipinski definition) is 0. The highest BCUT2D eigenvalue weighted by molar-refractivity contribution is 5.12. The van der Waals surface area contributed by atoms with Crippen LogP contribution in [-0.4, -0.2) is 0 Å². The molecule has 1 fully saturated rings. The molecule has 0 spiro atoms. The van der Waals surface area contributed by atoms with E-state index in [-0.39, 0.29) is 0 Å². The van der Waals surface area contributed by atoms with Gasteiger partial charge in [0.25, 0.3) is 0 Å². The molecule has 0 saturated heterocycles. The maximum atomic E-state index is 4.26. The lowest BCUT2D eigenvalue weighted by atomic mass is 9.58. The minimum atomic E-state index is 0.376. The maximum absolute atomic E-state index is 4.26. The lowest BCUT2D eigenvalue weighted by Crippen LogP contribution is -2.38. The number of hydrogen-bond donors (Lipinski definition) is 0. The number of allylic oxidation sites excluding steroid dienone is 1. The maximum Gasteiger partial charge on any atom is -0.0106 e. The summed E-state index contributed by atoms with van der Waals surface area (Å²) in [5.41, 5.74) is 2.30. The van der Waals surface area contributed by atoms with Crippen LogP contribution in [0.4, 0.5) is 0 Å². The van der Waals surface area contributed by atoms with E-state index < -0.39 is 0 Å². The van der Waals surface area contributed by atoms with Crippen molar-refractivity contribution >= 4 is 0 Å². The second-order valence-electron chi connectivity index (χ2n) is 6.30. The van der Waals surface area contributed by atoms with Crippen LogP contribution in [0.2, 0.25) is 0 Å². The van der Waals surface area contributed by atoms with Crippen molar-refractivity contribution in [3.63, 3.8) is 0 Å². The molecule has 0 aromatic carbocycles. The normalized spacial score (nSPS) is 29.0. The van der Waals surface area contributed by atoms with Crippen LogP contribution >= 0.6 is 0 Å². The minimum Gasteiger partial charge on any atom is -0.0995 e. The van der Waals surface area contributed by atoms with Crippen LogP contribution in [0.5, 0.6) is 0 Å². The predicted molar refractivity (Wildman–Crippen MR) is 59.7 cm³/mol. The SMILES string of the molecule is C=C1CCCC(C)(C)C1C(C)(C)C. The molecule has 76 valence electrons. The third-order valence-corrected chi connectivity index (χ3v) is 3.37. The Bertz CT molecular complexity index is 203. The van der Waals surface area contributed by atoms with E-state index in [9.17, 15) is 0 Å². The molecule has 1 aliphatic carbocycles. The van der Waals surface area contributed by atoms with Gasteiger partial charge < -0.3 is 0 Å². The molecule has 0 aliphatic heterocycles. The fourth-order valence-corrected chi connectivity index (χ4v) is 3.40. The highest BCUT2D eigenvalue weighted by Crippen LogP contribution is 2.51. The minimum absolute atomic E-state index is 0.376. The van der Waals surface area contributed by atoms with Crippen LogP contribution in [0.15, 0.2) is 12.2 Å². The van der Waals surface area contributed by atoms with Crippen LogP contribution in [0.1, 0.15) is 53.9 Å². The van der Waals surface area contributed by atoms with E-state index in [4.69, 9.17) is 0 Å². The molecule has 13 heavy (non-hydrogen) atoms. The average molecular weight is 180 g/mol. The smallest absolute Gasteiger partial charge is 0.0106 e. The van der Waals surface area contributed by atoms with E-state index in [1.807, 2.05) is 0 Å². The van der Waals surface area contributed by atoms with Gasteiger partial charge in [0.05, 0.1) is 0 Å². The van der Waals surface area contributed by atoms with E-state index >= 15 is 0 Å². The van der Waals surface area contributed by atoms with E-state index in [2.05, 4.69) is 41.2 Å². The van der Waals surface area contributed by atoms with Crippen LogP contribution in [0.25, 0.3) is 0 Å². The topological polar surface area (TPSA) is 0 Å². The lowest BCUT2D eigenvalue weighted by molar-refractivity contribution is 0.0864. The van der Waals surface area contributed by atoms with E-state index in [0.717, 1.165) is 0 Å². The first kappa shape index (κ1) is 10.8. The van der Waals surface area contributed by atoms with Gasteiger partial charge in [-0.2, -0.15) is 0 Å². The summed E-state index contributed by atoms with van der Waals surface area (Å²) in [6.07, 6.45) is 3.93. The first-order chi connectivity index (χ1) is 5.75. The molecule has 0 heterocycles. The van der Waals surface area contributed by atoms with E-state index in [1.165, 1.54) is 24.8 Å². The number of rotatable bonds is 0. The third kappa shape index (κ3) is 2.15. The summed E-state index contributed by atoms with van der Waals surface area (Å²) in [7, 11) is 0. The zero-order valence-electron chi connectivity index (χ0n) is 9.91. The molecule has 0 nitrogen and oxygen atoms in total. The first-order valence-corrected chi connectivity index (χ1v) is 5.43. The molecule has 1 unspecified atom stereocenters. The highest BCUT2D eigenvalue weighted by Gasteiger charge is 2.41. The lowest BCUT2D eigenvalue weighted by Gasteiger charge is -2.47. The second kappa shape index (κ2) is 3.15. The van der Waals surface area contributed by atoms with Gasteiger partial charge in [-0.05, 0) is 36.0 Å². The molecular formula is C13H24. The summed E-state index contributed by atoms with van der Waals surface area (Å²) >= 11 is 0. The van der Waals surface area contributed by atoms with Crippen molar-refractivity contribution < 1.29 is 0 Å². The van der Waals surface area contributed by atoms with Gasteiger partial charge in [0.2, 0.25) is 0 Å². The molecular weight excluding hydrogens is 156 g/mol.